The Morgan fingerprint density at radius 3 is 2.45 bits per heavy atom. The van der Waals surface area contributed by atoms with Crippen molar-refractivity contribution in [2.45, 2.75) is 58.1 Å². The Labute approximate surface area is 173 Å². The summed E-state index contributed by atoms with van der Waals surface area (Å²) in [5.74, 6) is 1.25. The summed E-state index contributed by atoms with van der Waals surface area (Å²) in [5, 5.41) is 0. The largest absolute Gasteiger partial charge is 0.485 e. The molecule has 0 atom stereocenters. The molecule has 3 aliphatic heterocycles. The number of nitrogens with zero attached hydrogens (tertiary/aromatic N) is 3. The molecule has 0 N–H and O–H groups in total. The number of rotatable bonds is 2. The predicted molar refractivity (Wildman–Crippen MR) is 112 cm³/mol. The number of fused-ring (bicyclic) bond motifs is 1. The number of ether oxygens (including phenoxy) is 1. The zero-order valence-corrected chi connectivity index (χ0v) is 17.8. The number of likely N-dealkylation sites (tertiary alicyclic amines) is 2. The van der Waals surface area contributed by atoms with Gasteiger partial charge in [0, 0.05) is 58.1 Å². The Morgan fingerprint density at radius 2 is 1.76 bits per heavy atom. The maximum Gasteiger partial charge on any atom is 0.236 e. The van der Waals surface area contributed by atoms with Crippen LogP contribution in [0.15, 0.2) is 18.2 Å². The minimum absolute atomic E-state index is 0.0880. The van der Waals surface area contributed by atoms with Gasteiger partial charge in [-0.25, -0.2) is 0 Å². The zero-order valence-electron chi connectivity index (χ0n) is 17.8. The van der Waals surface area contributed by atoms with Crippen molar-refractivity contribution in [3.8, 4) is 5.75 Å². The van der Waals surface area contributed by atoms with E-state index in [1.54, 1.807) is 6.92 Å². The second-order valence-corrected chi connectivity index (χ2v) is 8.99. The average molecular weight is 400 g/mol. The lowest BCUT2D eigenvalue weighted by molar-refractivity contribution is -0.135. The molecule has 0 saturated carbocycles. The molecular formula is C23H33N3O3. The molecule has 1 aromatic rings. The summed E-state index contributed by atoms with van der Waals surface area (Å²) in [7, 11) is 0. The van der Waals surface area contributed by atoms with Crippen molar-refractivity contribution in [3.05, 3.63) is 29.3 Å². The molecule has 3 aliphatic rings. The highest BCUT2D eigenvalue weighted by Crippen LogP contribution is 2.36. The monoisotopic (exact) mass is 399 g/mol. The first-order valence-corrected chi connectivity index (χ1v) is 11.0. The molecule has 6 nitrogen and oxygen atoms in total. The maximum atomic E-state index is 12.6. The summed E-state index contributed by atoms with van der Waals surface area (Å²) < 4.78 is 6.57. The second kappa shape index (κ2) is 8.34. The molecule has 158 valence electrons. The molecule has 0 aliphatic carbocycles. The lowest BCUT2D eigenvalue weighted by Gasteiger charge is -2.43. The van der Waals surface area contributed by atoms with Gasteiger partial charge in [-0.1, -0.05) is 17.7 Å². The standard InChI is InChI=1S/C23H33N3O3/c1-18-6-7-21-20(14-18)15-26(19(2)27)17-23(29-21)8-12-24(13-9-23)16-22(28)25-10-4-3-5-11-25/h6-7,14H,3-5,8-13,15-17H2,1-2H3. The SMILES string of the molecule is CC(=O)N1Cc2cc(C)ccc2OC2(CCN(CC(=O)N3CCCCC3)CC2)C1. The van der Waals surface area contributed by atoms with Crippen molar-refractivity contribution in [1.29, 1.82) is 0 Å². The van der Waals surface area contributed by atoms with E-state index in [2.05, 4.69) is 24.0 Å². The van der Waals surface area contributed by atoms with Gasteiger partial charge in [0.2, 0.25) is 11.8 Å². The second-order valence-electron chi connectivity index (χ2n) is 8.99. The van der Waals surface area contributed by atoms with Gasteiger partial charge < -0.3 is 14.5 Å². The van der Waals surface area contributed by atoms with Crippen molar-refractivity contribution in [2.75, 3.05) is 39.3 Å². The first-order valence-electron chi connectivity index (χ1n) is 11.0. The van der Waals surface area contributed by atoms with Crippen LogP contribution in [-0.2, 0) is 16.1 Å². The fourth-order valence-corrected chi connectivity index (χ4v) is 4.84. The van der Waals surface area contributed by atoms with Crippen LogP contribution in [-0.4, -0.2) is 71.4 Å². The summed E-state index contributed by atoms with van der Waals surface area (Å²) >= 11 is 0. The van der Waals surface area contributed by atoms with Crippen molar-refractivity contribution < 1.29 is 14.3 Å². The Balaban J connectivity index is 1.43. The highest BCUT2D eigenvalue weighted by molar-refractivity contribution is 5.78. The number of hydrogen-bond donors (Lipinski definition) is 0. The maximum absolute atomic E-state index is 12.6. The van der Waals surface area contributed by atoms with E-state index in [0.29, 0.717) is 19.6 Å². The molecule has 2 saturated heterocycles. The molecule has 3 heterocycles. The third kappa shape index (κ3) is 4.58. The van der Waals surface area contributed by atoms with Crippen LogP contribution in [0.4, 0.5) is 0 Å². The van der Waals surface area contributed by atoms with Crippen molar-refractivity contribution in [2.24, 2.45) is 0 Å². The number of carbonyl (C=O) groups is 2. The van der Waals surface area contributed by atoms with Crippen molar-refractivity contribution >= 4 is 11.8 Å². The average Bonchev–Trinajstić information content (AvgIpc) is 2.87. The van der Waals surface area contributed by atoms with Crippen LogP contribution in [0, 0.1) is 6.92 Å². The molecule has 0 aromatic heterocycles. The van der Waals surface area contributed by atoms with Gasteiger partial charge in [-0.3, -0.25) is 14.5 Å². The van der Waals surface area contributed by atoms with Crippen LogP contribution in [0.3, 0.4) is 0 Å². The van der Waals surface area contributed by atoms with E-state index in [0.717, 1.165) is 63.2 Å². The fourth-order valence-electron chi connectivity index (χ4n) is 4.84. The van der Waals surface area contributed by atoms with Gasteiger partial charge in [0.1, 0.15) is 11.4 Å². The van der Waals surface area contributed by atoms with Gasteiger partial charge in [0.15, 0.2) is 0 Å². The molecule has 0 unspecified atom stereocenters. The summed E-state index contributed by atoms with van der Waals surface area (Å²) in [6, 6.07) is 6.24. The van der Waals surface area contributed by atoms with Gasteiger partial charge in [-0.05, 0) is 32.3 Å². The molecule has 29 heavy (non-hydrogen) atoms. The number of benzene rings is 1. The molecule has 4 rings (SSSR count). The smallest absolute Gasteiger partial charge is 0.236 e. The summed E-state index contributed by atoms with van der Waals surface area (Å²) in [6.45, 7) is 8.89. The molecule has 0 bridgehead atoms. The third-order valence-corrected chi connectivity index (χ3v) is 6.66. The predicted octanol–water partition coefficient (Wildman–Crippen LogP) is 2.58. The molecular weight excluding hydrogens is 366 g/mol. The van der Waals surface area contributed by atoms with E-state index in [9.17, 15) is 9.59 Å². The highest BCUT2D eigenvalue weighted by atomic mass is 16.5. The molecule has 2 fully saturated rings. The highest BCUT2D eigenvalue weighted by Gasteiger charge is 2.41. The van der Waals surface area contributed by atoms with E-state index in [4.69, 9.17) is 4.74 Å². The van der Waals surface area contributed by atoms with Crippen LogP contribution >= 0.6 is 0 Å². The van der Waals surface area contributed by atoms with E-state index < -0.39 is 0 Å². The van der Waals surface area contributed by atoms with E-state index in [1.807, 2.05) is 15.9 Å². The molecule has 1 spiro atoms. The van der Waals surface area contributed by atoms with Gasteiger partial charge in [-0.15, -0.1) is 0 Å². The first-order chi connectivity index (χ1) is 13.9. The lowest BCUT2D eigenvalue weighted by atomic mass is 9.90. The number of hydrogen-bond acceptors (Lipinski definition) is 4. The van der Waals surface area contributed by atoms with Crippen LogP contribution in [0.1, 0.15) is 50.2 Å². The quantitative estimate of drug-likeness (QED) is 0.767. The zero-order chi connectivity index (χ0) is 20.4. The first kappa shape index (κ1) is 20.2. The fraction of sp³-hybridized carbons (Fsp3) is 0.652. The van der Waals surface area contributed by atoms with Gasteiger partial charge in [0.25, 0.3) is 0 Å². The summed E-state index contributed by atoms with van der Waals surface area (Å²) in [5.41, 5.74) is 1.90. The third-order valence-electron chi connectivity index (χ3n) is 6.66. The number of piperidine rings is 2. The van der Waals surface area contributed by atoms with Crippen LogP contribution in [0.2, 0.25) is 0 Å². The van der Waals surface area contributed by atoms with E-state index >= 15 is 0 Å². The Morgan fingerprint density at radius 1 is 1.03 bits per heavy atom. The van der Waals surface area contributed by atoms with Gasteiger partial charge in [-0.2, -0.15) is 0 Å². The van der Waals surface area contributed by atoms with Gasteiger partial charge >= 0.3 is 0 Å². The van der Waals surface area contributed by atoms with Crippen molar-refractivity contribution in [1.82, 2.24) is 14.7 Å². The Kier molecular flexibility index (Phi) is 5.81. The van der Waals surface area contributed by atoms with Crippen LogP contribution < -0.4 is 4.74 Å². The number of aryl methyl sites for hydroxylation is 1. The normalized spacial score (nSPS) is 22.0. The Hall–Kier alpha value is -2.08. The van der Waals surface area contributed by atoms with Gasteiger partial charge in [0.05, 0.1) is 13.1 Å². The minimum Gasteiger partial charge on any atom is -0.485 e. The van der Waals surface area contributed by atoms with Crippen LogP contribution in [0.25, 0.3) is 0 Å². The van der Waals surface area contributed by atoms with Crippen LogP contribution in [0.5, 0.6) is 5.75 Å². The molecule has 0 radical (unpaired) electrons. The minimum atomic E-state index is -0.364. The van der Waals surface area contributed by atoms with E-state index in [1.165, 1.54) is 12.0 Å². The summed E-state index contributed by atoms with van der Waals surface area (Å²) in [6.07, 6.45) is 5.15. The number of amides is 2. The Bertz CT molecular complexity index is 765. The molecule has 1 aromatic carbocycles. The lowest BCUT2D eigenvalue weighted by Crippen LogP contribution is -2.55. The van der Waals surface area contributed by atoms with E-state index in [-0.39, 0.29) is 17.4 Å². The topological polar surface area (TPSA) is 53.1 Å². The summed E-state index contributed by atoms with van der Waals surface area (Å²) in [4.78, 5) is 31.1. The molecule has 2 amide bonds. The molecule has 6 heteroatoms. The number of carbonyl (C=O) groups excluding carboxylic acids is 2. The van der Waals surface area contributed by atoms with Crippen molar-refractivity contribution in [3.63, 3.8) is 0 Å².